The van der Waals surface area contributed by atoms with Crippen LogP contribution in [0.3, 0.4) is 0 Å². The molecule has 0 aliphatic rings. The molecule has 0 radical (unpaired) electrons. The molecule has 1 aromatic carbocycles. The maximum atomic E-state index is 12.4. The van der Waals surface area contributed by atoms with Crippen molar-refractivity contribution in [2.45, 2.75) is 0 Å². The average Bonchev–Trinajstić information content (AvgIpc) is 2.09. The molecule has 0 aliphatic heterocycles. The summed E-state index contributed by atoms with van der Waals surface area (Å²) < 4.78 is 12.8. The van der Waals surface area contributed by atoms with E-state index in [9.17, 15) is 9.18 Å². The summed E-state index contributed by atoms with van der Waals surface area (Å²) >= 11 is 3.03. The summed E-state index contributed by atoms with van der Waals surface area (Å²) in [5.74, 6) is -0.283. The van der Waals surface area contributed by atoms with Crippen molar-refractivity contribution in [3.8, 4) is 0 Å². The van der Waals surface area contributed by atoms with Gasteiger partial charge in [0.1, 0.15) is 5.82 Å². The topological polar surface area (TPSA) is 17.1 Å². The van der Waals surface area contributed by atoms with Gasteiger partial charge in [0.25, 0.3) is 0 Å². The van der Waals surface area contributed by atoms with E-state index in [0.717, 1.165) is 5.56 Å². The zero-order valence-corrected chi connectivity index (χ0v) is 7.71. The van der Waals surface area contributed by atoms with Crippen molar-refractivity contribution in [2.75, 3.05) is 0 Å². The molecular formula is C9H6BrFO. The summed E-state index contributed by atoms with van der Waals surface area (Å²) in [4.78, 5) is 10.2. The van der Waals surface area contributed by atoms with Gasteiger partial charge in [0.05, 0.1) is 4.48 Å². The minimum atomic E-state index is -0.283. The molecule has 1 aromatic rings. The second-order valence-corrected chi connectivity index (χ2v) is 3.11. The van der Waals surface area contributed by atoms with Crippen LogP contribution in [0, 0.1) is 5.82 Å². The molecular weight excluding hydrogens is 223 g/mol. The van der Waals surface area contributed by atoms with Crippen molar-refractivity contribution in [3.05, 3.63) is 40.1 Å². The van der Waals surface area contributed by atoms with Gasteiger partial charge in [-0.1, -0.05) is 12.1 Å². The van der Waals surface area contributed by atoms with E-state index in [2.05, 4.69) is 15.9 Å². The first-order valence-corrected chi connectivity index (χ1v) is 4.09. The highest BCUT2D eigenvalue weighted by atomic mass is 79.9. The minimum absolute atomic E-state index is 0.283. The Morgan fingerprint density at radius 3 is 2.42 bits per heavy atom. The van der Waals surface area contributed by atoms with Gasteiger partial charge in [-0.2, -0.15) is 0 Å². The molecule has 0 aliphatic carbocycles. The third-order valence-corrected chi connectivity index (χ3v) is 1.70. The number of carbonyl (C=O) groups excluding carboxylic acids is 1. The van der Waals surface area contributed by atoms with Crippen LogP contribution in [0.1, 0.15) is 5.56 Å². The Bertz CT molecular complexity index is 303. The molecule has 12 heavy (non-hydrogen) atoms. The summed E-state index contributed by atoms with van der Waals surface area (Å²) in [6, 6.07) is 5.88. The summed E-state index contributed by atoms with van der Waals surface area (Å²) in [6.45, 7) is 0. The molecule has 0 saturated carbocycles. The lowest BCUT2D eigenvalue weighted by Crippen LogP contribution is -1.76. The Morgan fingerprint density at radius 1 is 1.33 bits per heavy atom. The van der Waals surface area contributed by atoms with Crippen molar-refractivity contribution >= 4 is 28.3 Å². The van der Waals surface area contributed by atoms with Crippen LogP contribution in [0.2, 0.25) is 0 Å². The first kappa shape index (κ1) is 9.13. The van der Waals surface area contributed by atoms with Crippen LogP contribution in [0.15, 0.2) is 28.7 Å². The van der Waals surface area contributed by atoms with Crippen LogP contribution >= 0.6 is 15.9 Å². The fraction of sp³-hybridized carbons (Fsp3) is 0. The molecule has 0 bridgehead atoms. The zero-order chi connectivity index (χ0) is 8.97. The molecule has 0 unspecified atom stereocenters. The standard InChI is InChI=1S/C9H6BrFO/c10-8(6-12)5-7-1-3-9(11)4-2-7/h1-6H/b8-5-. The first-order valence-electron chi connectivity index (χ1n) is 3.30. The number of rotatable bonds is 2. The molecule has 0 amide bonds. The number of carbonyl (C=O) groups is 1. The van der Waals surface area contributed by atoms with Gasteiger partial charge in [0, 0.05) is 0 Å². The van der Waals surface area contributed by atoms with Crippen LogP contribution in [0.5, 0.6) is 0 Å². The summed E-state index contributed by atoms with van der Waals surface area (Å²) in [6.07, 6.45) is 2.30. The summed E-state index contributed by atoms with van der Waals surface area (Å²) in [5.41, 5.74) is 0.787. The highest BCUT2D eigenvalue weighted by Crippen LogP contribution is 2.10. The lowest BCUT2D eigenvalue weighted by atomic mass is 10.2. The third-order valence-electron chi connectivity index (χ3n) is 1.29. The van der Waals surface area contributed by atoms with Gasteiger partial charge in [-0.15, -0.1) is 0 Å². The van der Waals surface area contributed by atoms with Crippen LogP contribution in [-0.4, -0.2) is 6.29 Å². The molecule has 0 aromatic heterocycles. The molecule has 62 valence electrons. The Labute approximate surface area is 78.0 Å². The number of benzene rings is 1. The van der Waals surface area contributed by atoms with Gasteiger partial charge >= 0.3 is 0 Å². The second kappa shape index (κ2) is 4.16. The van der Waals surface area contributed by atoms with E-state index in [1.807, 2.05) is 0 Å². The number of allylic oxidation sites excluding steroid dienone is 1. The van der Waals surface area contributed by atoms with E-state index in [4.69, 9.17) is 0 Å². The largest absolute Gasteiger partial charge is 0.297 e. The van der Waals surface area contributed by atoms with Gasteiger partial charge in [-0.05, 0) is 39.7 Å². The minimum Gasteiger partial charge on any atom is -0.297 e. The molecule has 0 N–H and O–H groups in total. The van der Waals surface area contributed by atoms with Gasteiger partial charge < -0.3 is 0 Å². The van der Waals surface area contributed by atoms with E-state index in [-0.39, 0.29) is 5.82 Å². The van der Waals surface area contributed by atoms with Crippen molar-refractivity contribution in [2.24, 2.45) is 0 Å². The molecule has 3 heteroatoms. The SMILES string of the molecule is O=C/C(Br)=C/c1ccc(F)cc1. The van der Waals surface area contributed by atoms with Crippen molar-refractivity contribution in [1.29, 1.82) is 0 Å². The Morgan fingerprint density at radius 2 is 1.92 bits per heavy atom. The maximum Gasteiger partial charge on any atom is 0.157 e. The summed E-state index contributed by atoms with van der Waals surface area (Å²) in [5, 5.41) is 0. The Balaban J connectivity index is 2.91. The number of aldehydes is 1. The lowest BCUT2D eigenvalue weighted by Gasteiger charge is -1.92. The van der Waals surface area contributed by atoms with Crippen LogP contribution in [-0.2, 0) is 4.79 Å². The molecule has 0 fully saturated rings. The normalized spacial score (nSPS) is 11.3. The quantitative estimate of drug-likeness (QED) is 0.562. The van der Waals surface area contributed by atoms with Crippen LogP contribution < -0.4 is 0 Å². The van der Waals surface area contributed by atoms with E-state index < -0.39 is 0 Å². The van der Waals surface area contributed by atoms with E-state index in [0.29, 0.717) is 10.8 Å². The van der Waals surface area contributed by atoms with Gasteiger partial charge in [-0.25, -0.2) is 4.39 Å². The van der Waals surface area contributed by atoms with E-state index >= 15 is 0 Å². The molecule has 0 heterocycles. The lowest BCUT2D eigenvalue weighted by molar-refractivity contribution is -0.104. The second-order valence-electron chi connectivity index (χ2n) is 2.20. The van der Waals surface area contributed by atoms with Crippen molar-refractivity contribution in [1.82, 2.24) is 0 Å². The highest BCUT2D eigenvalue weighted by molar-refractivity contribution is 9.12. The van der Waals surface area contributed by atoms with Crippen LogP contribution in [0.4, 0.5) is 4.39 Å². The fourth-order valence-electron chi connectivity index (χ4n) is 0.752. The predicted octanol–water partition coefficient (Wildman–Crippen LogP) is 2.76. The number of halogens is 2. The molecule has 1 rings (SSSR count). The first-order chi connectivity index (χ1) is 5.72. The monoisotopic (exact) mass is 228 g/mol. The smallest absolute Gasteiger partial charge is 0.157 e. The number of hydrogen-bond acceptors (Lipinski definition) is 1. The molecule has 0 saturated heterocycles. The van der Waals surface area contributed by atoms with Gasteiger partial charge in [0.15, 0.2) is 6.29 Å². The van der Waals surface area contributed by atoms with Crippen molar-refractivity contribution < 1.29 is 9.18 Å². The molecule has 1 nitrogen and oxygen atoms in total. The van der Waals surface area contributed by atoms with Crippen LogP contribution in [0.25, 0.3) is 6.08 Å². The number of hydrogen-bond donors (Lipinski definition) is 0. The van der Waals surface area contributed by atoms with Crippen molar-refractivity contribution in [3.63, 3.8) is 0 Å². The zero-order valence-electron chi connectivity index (χ0n) is 6.13. The highest BCUT2D eigenvalue weighted by Gasteiger charge is 1.91. The Kier molecular flexibility index (Phi) is 3.17. The fourth-order valence-corrected chi connectivity index (χ4v) is 1.02. The predicted molar refractivity (Wildman–Crippen MR) is 49.4 cm³/mol. The van der Waals surface area contributed by atoms with E-state index in [1.54, 1.807) is 18.2 Å². The third kappa shape index (κ3) is 2.58. The van der Waals surface area contributed by atoms with Gasteiger partial charge in [-0.3, -0.25) is 4.79 Å². The molecule has 0 atom stereocenters. The summed E-state index contributed by atoms with van der Waals surface area (Å²) in [7, 11) is 0. The Hall–Kier alpha value is -0.960. The van der Waals surface area contributed by atoms with E-state index in [1.165, 1.54) is 12.1 Å². The maximum absolute atomic E-state index is 12.4. The van der Waals surface area contributed by atoms with Gasteiger partial charge in [0.2, 0.25) is 0 Å². The average molecular weight is 229 g/mol. The molecule has 0 spiro atoms.